The van der Waals surface area contributed by atoms with Crippen LogP contribution in [0.2, 0.25) is 0 Å². The van der Waals surface area contributed by atoms with Gasteiger partial charge in [0.2, 0.25) is 0 Å². The summed E-state index contributed by atoms with van der Waals surface area (Å²) in [5.74, 6) is -0.386. The molecular formula is C21H28N2O3S. The number of nitrogens with zero attached hydrogens (tertiary/aromatic N) is 1. The standard InChI is InChI=1S/C21H28N2O3S/c1-3-5-16-23(4-2)19-13-11-18(12-14-19)21(24)22-15-17-27(25,26)20-9-7-6-8-10-20/h6-14H,3-5,15-17H2,1-2H3,(H,22,24). The van der Waals surface area contributed by atoms with E-state index in [0.717, 1.165) is 31.6 Å². The van der Waals surface area contributed by atoms with Gasteiger partial charge in [-0.15, -0.1) is 0 Å². The molecule has 0 atom stereocenters. The average Bonchev–Trinajstić information content (AvgIpc) is 2.69. The summed E-state index contributed by atoms with van der Waals surface area (Å²) < 4.78 is 24.5. The number of rotatable bonds is 10. The van der Waals surface area contributed by atoms with Gasteiger partial charge in [0.05, 0.1) is 10.6 Å². The van der Waals surface area contributed by atoms with E-state index in [4.69, 9.17) is 0 Å². The minimum atomic E-state index is -3.39. The first-order valence-corrected chi connectivity index (χ1v) is 11.0. The van der Waals surface area contributed by atoms with Crippen LogP contribution in [-0.2, 0) is 9.84 Å². The van der Waals surface area contributed by atoms with E-state index >= 15 is 0 Å². The van der Waals surface area contributed by atoms with Crippen LogP contribution in [0.15, 0.2) is 59.5 Å². The molecule has 0 aromatic heterocycles. The zero-order valence-corrected chi connectivity index (χ0v) is 16.8. The van der Waals surface area contributed by atoms with Gasteiger partial charge in [-0.2, -0.15) is 0 Å². The molecule has 2 aromatic carbocycles. The van der Waals surface area contributed by atoms with Crippen LogP contribution in [0, 0.1) is 0 Å². The fraction of sp³-hybridized carbons (Fsp3) is 0.381. The molecule has 1 N–H and O–H groups in total. The third-order valence-electron chi connectivity index (χ3n) is 4.42. The van der Waals surface area contributed by atoms with E-state index in [-0.39, 0.29) is 23.1 Å². The van der Waals surface area contributed by atoms with Gasteiger partial charge in [-0.25, -0.2) is 8.42 Å². The number of hydrogen-bond acceptors (Lipinski definition) is 4. The first-order valence-electron chi connectivity index (χ1n) is 9.39. The van der Waals surface area contributed by atoms with Crippen molar-refractivity contribution in [1.82, 2.24) is 5.32 Å². The molecule has 5 nitrogen and oxygen atoms in total. The molecule has 0 unspecified atom stereocenters. The first kappa shape index (κ1) is 21.0. The third kappa shape index (κ3) is 6.10. The minimum absolute atomic E-state index is 0.0788. The summed E-state index contributed by atoms with van der Waals surface area (Å²) in [6.45, 7) is 6.27. The molecule has 0 fully saturated rings. The Labute approximate surface area is 162 Å². The van der Waals surface area contributed by atoms with Gasteiger partial charge in [-0.3, -0.25) is 4.79 Å². The van der Waals surface area contributed by atoms with Crippen molar-refractivity contribution in [1.29, 1.82) is 0 Å². The highest BCUT2D eigenvalue weighted by atomic mass is 32.2. The van der Waals surface area contributed by atoms with E-state index in [2.05, 4.69) is 24.1 Å². The van der Waals surface area contributed by atoms with E-state index in [1.807, 2.05) is 12.1 Å². The zero-order valence-electron chi connectivity index (χ0n) is 16.0. The van der Waals surface area contributed by atoms with Crippen LogP contribution in [0.4, 0.5) is 5.69 Å². The van der Waals surface area contributed by atoms with E-state index in [9.17, 15) is 13.2 Å². The van der Waals surface area contributed by atoms with Crippen molar-refractivity contribution in [2.24, 2.45) is 0 Å². The molecule has 0 saturated carbocycles. The number of carbonyl (C=O) groups excluding carboxylic acids is 1. The van der Waals surface area contributed by atoms with Crippen LogP contribution in [0.3, 0.4) is 0 Å². The molecule has 2 aromatic rings. The lowest BCUT2D eigenvalue weighted by Gasteiger charge is -2.23. The van der Waals surface area contributed by atoms with Crippen LogP contribution in [0.5, 0.6) is 0 Å². The summed E-state index contributed by atoms with van der Waals surface area (Å²) >= 11 is 0. The molecule has 0 bridgehead atoms. The fourth-order valence-corrected chi connectivity index (χ4v) is 3.97. The summed E-state index contributed by atoms with van der Waals surface area (Å²) in [6.07, 6.45) is 2.27. The summed E-state index contributed by atoms with van der Waals surface area (Å²) in [4.78, 5) is 14.8. The molecule has 146 valence electrons. The molecule has 0 spiro atoms. The molecule has 0 aliphatic heterocycles. The van der Waals surface area contributed by atoms with Crippen LogP contribution in [0.1, 0.15) is 37.0 Å². The van der Waals surface area contributed by atoms with E-state index in [0.29, 0.717) is 5.56 Å². The second kappa shape index (κ2) is 10.1. The molecule has 0 aliphatic rings. The van der Waals surface area contributed by atoms with Crippen LogP contribution in [-0.4, -0.2) is 39.7 Å². The highest BCUT2D eigenvalue weighted by Crippen LogP contribution is 2.16. The predicted molar refractivity (Wildman–Crippen MR) is 110 cm³/mol. The van der Waals surface area contributed by atoms with Gasteiger partial charge in [-0.1, -0.05) is 31.5 Å². The normalized spacial score (nSPS) is 11.2. The highest BCUT2D eigenvalue weighted by Gasteiger charge is 2.14. The monoisotopic (exact) mass is 388 g/mol. The predicted octanol–water partition coefficient (Wildman–Crippen LogP) is 3.52. The molecule has 0 aliphatic carbocycles. The fourth-order valence-electron chi connectivity index (χ4n) is 2.79. The van der Waals surface area contributed by atoms with Crippen molar-refractivity contribution in [2.75, 3.05) is 30.3 Å². The van der Waals surface area contributed by atoms with E-state index in [1.54, 1.807) is 42.5 Å². The van der Waals surface area contributed by atoms with Crippen molar-refractivity contribution >= 4 is 21.4 Å². The maximum Gasteiger partial charge on any atom is 0.251 e. The average molecular weight is 389 g/mol. The number of nitrogens with one attached hydrogen (secondary N) is 1. The van der Waals surface area contributed by atoms with Gasteiger partial charge < -0.3 is 10.2 Å². The summed E-state index contributed by atoms with van der Waals surface area (Å²) in [5, 5.41) is 2.69. The lowest BCUT2D eigenvalue weighted by atomic mass is 10.1. The molecule has 0 saturated heterocycles. The van der Waals surface area contributed by atoms with E-state index in [1.165, 1.54) is 0 Å². The maximum absolute atomic E-state index is 12.3. The van der Waals surface area contributed by atoms with Crippen LogP contribution in [0.25, 0.3) is 0 Å². The summed E-state index contributed by atoms with van der Waals surface area (Å²) in [7, 11) is -3.39. The number of amides is 1. The summed E-state index contributed by atoms with van der Waals surface area (Å²) in [5.41, 5.74) is 1.62. The van der Waals surface area contributed by atoms with Crippen molar-refractivity contribution < 1.29 is 13.2 Å². The van der Waals surface area contributed by atoms with Gasteiger partial charge in [0, 0.05) is 30.9 Å². The molecule has 2 rings (SSSR count). The maximum atomic E-state index is 12.3. The largest absolute Gasteiger partial charge is 0.372 e. The minimum Gasteiger partial charge on any atom is -0.372 e. The Morgan fingerprint density at radius 2 is 1.67 bits per heavy atom. The Morgan fingerprint density at radius 3 is 2.26 bits per heavy atom. The Kier molecular flexibility index (Phi) is 7.85. The smallest absolute Gasteiger partial charge is 0.251 e. The molecule has 6 heteroatoms. The van der Waals surface area contributed by atoms with Crippen LogP contribution < -0.4 is 10.2 Å². The van der Waals surface area contributed by atoms with Crippen molar-refractivity contribution in [3.63, 3.8) is 0 Å². The number of unbranched alkanes of at least 4 members (excludes halogenated alkanes) is 1. The number of sulfone groups is 1. The van der Waals surface area contributed by atoms with Gasteiger partial charge in [-0.05, 0) is 49.7 Å². The third-order valence-corrected chi connectivity index (χ3v) is 6.15. The number of hydrogen-bond donors (Lipinski definition) is 1. The Morgan fingerprint density at radius 1 is 1.00 bits per heavy atom. The lowest BCUT2D eigenvalue weighted by Crippen LogP contribution is -2.29. The second-order valence-corrected chi connectivity index (χ2v) is 8.48. The van der Waals surface area contributed by atoms with Gasteiger partial charge in [0.1, 0.15) is 0 Å². The van der Waals surface area contributed by atoms with Gasteiger partial charge in [0.15, 0.2) is 9.84 Å². The Bertz CT molecular complexity index is 818. The van der Waals surface area contributed by atoms with E-state index < -0.39 is 9.84 Å². The molecule has 0 radical (unpaired) electrons. The van der Waals surface area contributed by atoms with Gasteiger partial charge >= 0.3 is 0 Å². The topological polar surface area (TPSA) is 66.5 Å². The molecule has 0 heterocycles. The Hall–Kier alpha value is -2.34. The van der Waals surface area contributed by atoms with Crippen LogP contribution >= 0.6 is 0 Å². The summed E-state index contributed by atoms with van der Waals surface area (Å²) in [6, 6.07) is 15.7. The van der Waals surface area contributed by atoms with Gasteiger partial charge in [0.25, 0.3) is 5.91 Å². The lowest BCUT2D eigenvalue weighted by molar-refractivity contribution is 0.0956. The highest BCUT2D eigenvalue weighted by molar-refractivity contribution is 7.91. The van der Waals surface area contributed by atoms with Crippen molar-refractivity contribution in [3.05, 3.63) is 60.2 Å². The SMILES string of the molecule is CCCCN(CC)c1ccc(C(=O)NCCS(=O)(=O)c2ccccc2)cc1. The molecule has 27 heavy (non-hydrogen) atoms. The molecular weight excluding hydrogens is 360 g/mol. The van der Waals surface area contributed by atoms with Crippen molar-refractivity contribution in [2.45, 2.75) is 31.6 Å². The second-order valence-electron chi connectivity index (χ2n) is 6.37. The number of benzene rings is 2. The van der Waals surface area contributed by atoms with Crippen molar-refractivity contribution in [3.8, 4) is 0 Å². The quantitative estimate of drug-likeness (QED) is 0.676. The zero-order chi connectivity index (χ0) is 19.7. The number of anilines is 1. The first-order chi connectivity index (χ1) is 13.0. The molecule has 1 amide bonds. The Balaban J connectivity index is 1.91. The number of carbonyl (C=O) groups is 1.